The zero-order valence-corrected chi connectivity index (χ0v) is 9.31. The SMILES string of the molecule is CCC(N)C(=O)NC1CCS(=O)CC1. The Morgan fingerprint density at radius 3 is 2.64 bits per heavy atom. The number of carbonyl (C=O) groups is 1. The minimum atomic E-state index is -0.671. The Hall–Kier alpha value is -0.420. The van der Waals surface area contributed by atoms with Crippen LogP contribution in [0.2, 0.25) is 0 Å². The molecule has 1 saturated heterocycles. The molecule has 82 valence electrons. The normalized spacial score (nSPS) is 29.6. The summed E-state index contributed by atoms with van der Waals surface area (Å²) in [6.45, 7) is 1.89. The van der Waals surface area contributed by atoms with Crippen LogP contribution in [-0.4, -0.2) is 33.7 Å². The van der Waals surface area contributed by atoms with E-state index < -0.39 is 16.8 Å². The standard InChI is InChI=1S/C9H18N2O2S/c1-2-8(10)9(12)11-7-3-5-14(13)6-4-7/h7-8H,2-6,10H2,1H3,(H,11,12). The molecule has 1 unspecified atom stereocenters. The van der Waals surface area contributed by atoms with Gasteiger partial charge in [0.05, 0.1) is 6.04 Å². The quantitative estimate of drug-likeness (QED) is 0.686. The van der Waals surface area contributed by atoms with Gasteiger partial charge >= 0.3 is 0 Å². The Kier molecular flexibility index (Phi) is 4.54. The van der Waals surface area contributed by atoms with Crippen LogP contribution in [0.25, 0.3) is 0 Å². The molecule has 1 heterocycles. The maximum atomic E-state index is 11.4. The molecule has 0 spiro atoms. The molecule has 5 heteroatoms. The minimum absolute atomic E-state index is 0.0785. The fourth-order valence-corrected chi connectivity index (χ4v) is 2.73. The van der Waals surface area contributed by atoms with Crippen molar-refractivity contribution < 1.29 is 9.00 Å². The Balaban J connectivity index is 2.30. The van der Waals surface area contributed by atoms with E-state index in [0.29, 0.717) is 17.9 Å². The van der Waals surface area contributed by atoms with Crippen LogP contribution in [0.5, 0.6) is 0 Å². The van der Waals surface area contributed by atoms with Crippen LogP contribution < -0.4 is 11.1 Å². The van der Waals surface area contributed by atoms with Crippen LogP contribution in [0.1, 0.15) is 26.2 Å². The number of nitrogens with one attached hydrogen (secondary N) is 1. The van der Waals surface area contributed by atoms with Gasteiger partial charge in [-0.05, 0) is 19.3 Å². The molecule has 1 rings (SSSR count). The minimum Gasteiger partial charge on any atom is -0.352 e. The molecule has 0 aromatic rings. The molecular weight excluding hydrogens is 200 g/mol. The number of carbonyl (C=O) groups excluding carboxylic acids is 1. The third-order valence-electron chi connectivity index (χ3n) is 2.51. The lowest BCUT2D eigenvalue weighted by Gasteiger charge is -2.23. The predicted molar refractivity (Wildman–Crippen MR) is 57.3 cm³/mol. The monoisotopic (exact) mass is 218 g/mol. The van der Waals surface area contributed by atoms with Crippen molar-refractivity contribution in [2.75, 3.05) is 11.5 Å². The molecule has 1 atom stereocenters. The number of nitrogens with two attached hydrogens (primary N) is 1. The summed E-state index contributed by atoms with van der Waals surface area (Å²) in [7, 11) is -0.671. The van der Waals surface area contributed by atoms with Gasteiger partial charge in [-0.3, -0.25) is 9.00 Å². The number of amides is 1. The van der Waals surface area contributed by atoms with Crippen molar-refractivity contribution in [1.29, 1.82) is 0 Å². The first-order valence-electron chi connectivity index (χ1n) is 5.04. The van der Waals surface area contributed by atoms with E-state index in [1.54, 1.807) is 0 Å². The number of hydrogen-bond donors (Lipinski definition) is 2. The average Bonchev–Trinajstić information content (AvgIpc) is 2.20. The molecule has 14 heavy (non-hydrogen) atoms. The molecule has 1 fully saturated rings. The smallest absolute Gasteiger partial charge is 0.237 e. The summed E-state index contributed by atoms with van der Waals surface area (Å²) in [5.41, 5.74) is 5.59. The molecule has 0 aromatic heterocycles. The van der Waals surface area contributed by atoms with Gasteiger partial charge in [0.25, 0.3) is 0 Å². The summed E-state index contributed by atoms with van der Waals surface area (Å²) in [6, 6.07) is -0.222. The molecule has 1 aliphatic heterocycles. The van der Waals surface area contributed by atoms with E-state index in [2.05, 4.69) is 5.32 Å². The van der Waals surface area contributed by atoms with Crippen LogP contribution in [-0.2, 0) is 15.6 Å². The fourth-order valence-electron chi connectivity index (χ4n) is 1.43. The summed E-state index contributed by atoms with van der Waals surface area (Å²) in [5.74, 6) is 1.32. The predicted octanol–water partition coefficient (Wildman–Crippen LogP) is -0.249. The highest BCUT2D eigenvalue weighted by atomic mass is 32.2. The van der Waals surface area contributed by atoms with Crippen molar-refractivity contribution in [2.45, 2.75) is 38.3 Å². The van der Waals surface area contributed by atoms with E-state index in [4.69, 9.17) is 5.73 Å². The van der Waals surface area contributed by atoms with Crippen LogP contribution in [0, 0.1) is 0 Å². The topological polar surface area (TPSA) is 72.2 Å². The summed E-state index contributed by atoms with van der Waals surface area (Å²) in [5, 5.41) is 2.89. The number of rotatable bonds is 3. The Morgan fingerprint density at radius 1 is 1.57 bits per heavy atom. The fraction of sp³-hybridized carbons (Fsp3) is 0.889. The zero-order valence-electron chi connectivity index (χ0n) is 8.49. The van der Waals surface area contributed by atoms with Crippen LogP contribution in [0.3, 0.4) is 0 Å². The molecule has 0 radical (unpaired) electrons. The molecule has 1 amide bonds. The second-order valence-corrected chi connectivity index (χ2v) is 5.34. The van der Waals surface area contributed by atoms with Gasteiger partial charge in [-0.1, -0.05) is 6.92 Å². The van der Waals surface area contributed by atoms with Gasteiger partial charge in [0.1, 0.15) is 0 Å². The van der Waals surface area contributed by atoms with Crippen molar-refractivity contribution in [3.63, 3.8) is 0 Å². The summed E-state index contributed by atoms with van der Waals surface area (Å²) in [4.78, 5) is 11.4. The van der Waals surface area contributed by atoms with Crippen LogP contribution in [0.15, 0.2) is 0 Å². The van der Waals surface area contributed by atoms with Gasteiger partial charge in [-0.15, -0.1) is 0 Å². The molecule has 3 N–H and O–H groups in total. The zero-order chi connectivity index (χ0) is 10.6. The van der Waals surface area contributed by atoms with Gasteiger partial charge in [-0.25, -0.2) is 0 Å². The third-order valence-corrected chi connectivity index (χ3v) is 3.89. The number of hydrogen-bond acceptors (Lipinski definition) is 3. The van der Waals surface area contributed by atoms with E-state index in [9.17, 15) is 9.00 Å². The van der Waals surface area contributed by atoms with Crippen molar-refractivity contribution in [3.8, 4) is 0 Å². The molecule has 0 aliphatic carbocycles. The first kappa shape index (κ1) is 11.7. The molecular formula is C9H18N2O2S. The van der Waals surface area contributed by atoms with E-state index >= 15 is 0 Å². The van der Waals surface area contributed by atoms with E-state index in [1.165, 1.54) is 0 Å². The van der Waals surface area contributed by atoms with Gasteiger partial charge in [-0.2, -0.15) is 0 Å². The second-order valence-electron chi connectivity index (χ2n) is 3.65. The van der Waals surface area contributed by atoms with Gasteiger partial charge in [0.15, 0.2) is 0 Å². The highest BCUT2D eigenvalue weighted by molar-refractivity contribution is 7.85. The maximum absolute atomic E-state index is 11.4. The van der Waals surface area contributed by atoms with E-state index in [1.807, 2.05) is 6.92 Å². The second kappa shape index (κ2) is 5.46. The summed E-state index contributed by atoms with van der Waals surface area (Å²) in [6.07, 6.45) is 2.29. The first-order valence-corrected chi connectivity index (χ1v) is 6.53. The molecule has 1 aliphatic rings. The Bertz CT molecular complexity index is 223. The van der Waals surface area contributed by atoms with Crippen LogP contribution in [0.4, 0.5) is 0 Å². The average molecular weight is 218 g/mol. The van der Waals surface area contributed by atoms with Crippen LogP contribution >= 0.6 is 0 Å². The van der Waals surface area contributed by atoms with E-state index in [0.717, 1.165) is 12.8 Å². The molecule has 4 nitrogen and oxygen atoms in total. The van der Waals surface area contributed by atoms with Crippen molar-refractivity contribution in [2.24, 2.45) is 5.73 Å². The molecule has 0 bridgehead atoms. The van der Waals surface area contributed by atoms with Crippen molar-refractivity contribution in [3.05, 3.63) is 0 Å². The largest absolute Gasteiger partial charge is 0.352 e. The van der Waals surface area contributed by atoms with Crippen molar-refractivity contribution >= 4 is 16.7 Å². The summed E-state index contributed by atoms with van der Waals surface area (Å²) >= 11 is 0. The Morgan fingerprint density at radius 2 is 2.14 bits per heavy atom. The highest BCUT2D eigenvalue weighted by Crippen LogP contribution is 2.09. The third kappa shape index (κ3) is 3.38. The molecule has 0 aromatic carbocycles. The lowest BCUT2D eigenvalue weighted by molar-refractivity contribution is -0.123. The van der Waals surface area contributed by atoms with Gasteiger partial charge in [0, 0.05) is 28.3 Å². The van der Waals surface area contributed by atoms with Gasteiger partial charge < -0.3 is 11.1 Å². The summed E-state index contributed by atoms with van der Waals surface area (Å²) < 4.78 is 11.1. The van der Waals surface area contributed by atoms with Crippen molar-refractivity contribution in [1.82, 2.24) is 5.32 Å². The van der Waals surface area contributed by atoms with Gasteiger partial charge in [0.2, 0.25) is 5.91 Å². The van der Waals surface area contributed by atoms with E-state index in [-0.39, 0.29) is 11.9 Å². The molecule has 0 saturated carbocycles. The highest BCUT2D eigenvalue weighted by Gasteiger charge is 2.21. The lowest BCUT2D eigenvalue weighted by Crippen LogP contribution is -2.47. The first-order chi connectivity index (χ1) is 6.63. The maximum Gasteiger partial charge on any atom is 0.237 e. The Labute approximate surface area is 87.1 Å². The lowest BCUT2D eigenvalue weighted by atomic mass is 10.1.